The van der Waals surface area contributed by atoms with Crippen molar-refractivity contribution >= 4 is 5.78 Å². The van der Waals surface area contributed by atoms with Crippen LogP contribution in [-0.4, -0.2) is 22.4 Å². The molecular weight excluding hydrogens is 408 g/mol. The molecule has 0 N–H and O–H groups in total. The predicted octanol–water partition coefficient (Wildman–Crippen LogP) is 8.45. The third kappa shape index (κ3) is 9.65. The van der Waals surface area contributed by atoms with Crippen molar-refractivity contribution in [2.45, 2.75) is 104 Å². The van der Waals surface area contributed by atoms with Crippen LogP contribution in [0.15, 0.2) is 36.7 Å². The molecule has 1 heterocycles. The first-order valence-corrected chi connectivity index (χ1v) is 13.3. The molecule has 0 aliphatic rings. The molecule has 1 aromatic carbocycles. The van der Waals surface area contributed by atoms with Crippen molar-refractivity contribution in [2.24, 2.45) is 5.92 Å². The fraction of sp³-hybridized carbons (Fsp3) is 0.621. The minimum absolute atomic E-state index is 0.0744. The predicted molar refractivity (Wildman–Crippen MR) is 138 cm³/mol. The van der Waals surface area contributed by atoms with E-state index in [9.17, 15) is 4.79 Å². The largest absolute Gasteiger partial charge is 0.490 e. The van der Waals surface area contributed by atoms with Gasteiger partial charge in [0.1, 0.15) is 0 Å². The lowest BCUT2D eigenvalue weighted by molar-refractivity contribution is 0.0904. The molecule has 182 valence electrons. The molecular formula is C29H44N2O2. The van der Waals surface area contributed by atoms with Crippen LogP contribution in [0.25, 0.3) is 11.4 Å². The Morgan fingerprint density at radius 2 is 1.42 bits per heavy atom. The molecule has 0 bridgehead atoms. The van der Waals surface area contributed by atoms with Gasteiger partial charge in [0.05, 0.1) is 19.0 Å². The molecule has 0 fully saturated rings. The van der Waals surface area contributed by atoms with Gasteiger partial charge in [-0.2, -0.15) is 0 Å². The number of ketones is 1. The lowest BCUT2D eigenvalue weighted by atomic mass is 9.87. The van der Waals surface area contributed by atoms with E-state index < -0.39 is 0 Å². The molecule has 2 rings (SSSR count). The minimum Gasteiger partial charge on any atom is -0.490 e. The van der Waals surface area contributed by atoms with Crippen molar-refractivity contribution in [3.05, 3.63) is 42.2 Å². The van der Waals surface area contributed by atoms with E-state index in [-0.39, 0.29) is 11.7 Å². The number of ether oxygens (including phenoxy) is 1. The maximum Gasteiger partial charge on any atom is 0.166 e. The molecule has 0 radical (unpaired) electrons. The molecule has 0 aliphatic carbocycles. The van der Waals surface area contributed by atoms with Gasteiger partial charge in [-0.15, -0.1) is 0 Å². The lowest BCUT2D eigenvalue weighted by Gasteiger charge is -2.16. The van der Waals surface area contributed by atoms with E-state index in [0.717, 1.165) is 49.7 Å². The lowest BCUT2D eigenvalue weighted by Crippen LogP contribution is -2.16. The smallest absolute Gasteiger partial charge is 0.166 e. The number of aromatic nitrogens is 2. The van der Waals surface area contributed by atoms with Crippen molar-refractivity contribution < 1.29 is 9.53 Å². The number of benzene rings is 1. The summed E-state index contributed by atoms with van der Waals surface area (Å²) in [5.74, 6) is 1.58. The third-order valence-corrected chi connectivity index (χ3v) is 6.24. The summed E-state index contributed by atoms with van der Waals surface area (Å²) in [6.07, 6.45) is 18.8. The average Bonchev–Trinajstić information content (AvgIpc) is 2.85. The molecule has 0 spiro atoms. The second kappa shape index (κ2) is 16.4. The van der Waals surface area contributed by atoms with E-state index >= 15 is 0 Å². The van der Waals surface area contributed by atoms with Gasteiger partial charge in [0.2, 0.25) is 0 Å². The van der Waals surface area contributed by atoms with Gasteiger partial charge >= 0.3 is 0 Å². The number of carbonyl (C=O) groups excluding carboxylic acids is 1. The molecule has 0 aliphatic heterocycles. The quantitative estimate of drug-likeness (QED) is 0.168. The standard InChI is InChI=1S/C29H44N2O2/c1-4-7-9-10-11-12-13-16-21-33-25-22-30-29(31-23-25)27-20-15-14-19-26(27)28(32)24(17-6-3)18-8-5-2/h14-15,19-20,22-24H,4-13,16-18,21H2,1-3H3. The van der Waals surface area contributed by atoms with Crippen LogP contribution in [0.1, 0.15) is 115 Å². The maximum atomic E-state index is 13.3. The Labute approximate surface area is 201 Å². The highest BCUT2D eigenvalue weighted by Crippen LogP contribution is 2.27. The Hall–Kier alpha value is -2.23. The first-order chi connectivity index (χ1) is 16.2. The van der Waals surface area contributed by atoms with Crippen LogP contribution < -0.4 is 4.74 Å². The second-order valence-corrected chi connectivity index (χ2v) is 9.10. The van der Waals surface area contributed by atoms with Crippen molar-refractivity contribution in [2.75, 3.05) is 6.61 Å². The molecule has 1 unspecified atom stereocenters. The highest BCUT2D eigenvalue weighted by Gasteiger charge is 2.22. The Morgan fingerprint density at radius 1 is 0.788 bits per heavy atom. The number of Topliss-reactive ketones (excluding diaryl/α,β-unsaturated/α-hetero) is 1. The van der Waals surface area contributed by atoms with Crippen molar-refractivity contribution in [3.63, 3.8) is 0 Å². The van der Waals surface area contributed by atoms with Crippen molar-refractivity contribution in [1.82, 2.24) is 9.97 Å². The summed E-state index contributed by atoms with van der Waals surface area (Å²) in [4.78, 5) is 22.4. The SMILES string of the molecule is CCCCCCCCCCOc1cnc(-c2ccccc2C(=O)C(CCC)CCCC)nc1. The molecule has 4 heteroatoms. The Bertz CT molecular complexity index is 788. The number of hydrogen-bond donors (Lipinski definition) is 0. The summed E-state index contributed by atoms with van der Waals surface area (Å²) >= 11 is 0. The average molecular weight is 453 g/mol. The van der Waals surface area contributed by atoms with Crippen molar-refractivity contribution in [3.8, 4) is 17.1 Å². The second-order valence-electron chi connectivity index (χ2n) is 9.10. The van der Waals surface area contributed by atoms with Gasteiger partial charge in [0, 0.05) is 17.0 Å². The van der Waals surface area contributed by atoms with E-state index in [4.69, 9.17) is 4.74 Å². The Kier molecular flexibility index (Phi) is 13.4. The maximum absolute atomic E-state index is 13.3. The van der Waals surface area contributed by atoms with E-state index in [0.29, 0.717) is 18.2 Å². The zero-order valence-electron chi connectivity index (χ0n) is 21.2. The highest BCUT2D eigenvalue weighted by molar-refractivity contribution is 6.03. The Morgan fingerprint density at radius 3 is 2.09 bits per heavy atom. The van der Waals surface area contributed by atoms with Gasteiger partial charge in [-0.25, -0.2) is 9.97 Å². The molecule has 0 saturated carbocycles. The number of rotatable bonds is 18. The number of nitrogens with zero attached hydrogens (tertiary/aromatic N) is 2. The molecule has 1 atom stereocenters. The van der Waals surface area contributed by atoms with E-state index in [2.05, 4.69) is 30.7 Å². The molecule has 2 aromatic rings. The highest BCUT2D eigenvalue weighted by atomic mass is 16.5. The van der Waals surface area contributed by atoms with Gasteiger partial charge in [-0.1, -0.05) is 109 Å². The summed E-state index contributed by atoms with van der Waals surface area (Å²) in [5, 5.41) is 0. The van der Waals surface area contributed by atoms with Gasteiger partial charge in [0.25, 0.3) is 0 Å². The summed E-state index contributed by atoms with van der Waals surface area (Å²) < 4.78 is 5.84. The Balaban J connectivity index is 1.91. The van der Waals surface area contributed by atoms with Crippen LogP contribution in [0.5, 0.6) is 5.75 Å². The van der Waals surface area contributed by atoms with Crippen LogP contribution in [0.3, 0.4) is 0 Å². The number of hydrogen-bond acceptors (Lipinski definition) is 4. The van der Waals surface area contributed by atoms with Gasteiger partial charge in [-0.05, 0) is 19.3 Å². The van der Waals surface area contributed by atoms with Crippen LogP contribution in [0, 0.1) is 5.92 Å². The van der Waals surface area contributed by atoms with E-state index in [1.165, 1.54) is 44.9 Å². The zero-order chi connectivity index (χ0) is 23.7. The van der Waals surface area contributed by atoms with E-state index in [1.807, 2.05) is 24.3 Å². The normalized spacial score (nSPS) is 12.0. The summed E-state index contributed by atoms with van der Waals surface area (Å²) in [7, 11) is 0. The van der Waals surface area contributed by atoms with Gasteiger partial charge in [0.15, 0.2) is 17.4 Å². The van der Waals surface area contributed by atoms with Gasteiger partial charge < -0.3 is 4.74 Å². The fourth-order valence-electron chi connectivity index (χ4n) is 4.27. The first-order valence-electron chi connectivity index (χ1n) is 13.3. The molecule has 33 heavy (non-hydrogen) atoms. The topological polar surface area (TPSA) is 52.1 Å². The monoisotopic (exact) mass is 452 g/mol. The van der Waals surface area contributed by atoms with Crippen molar-refractivity contribution in [1.29, 1.82) is 0 Å². The van der Waals surface area contributed by atoms with E-state index in [1.54, 1.807) is 12.4 Å². The number of unbranched alkanes of at least 4 members (excludes halogenated alkanes) is 8. The minimum atomic E-state index is 0.0744. The van der Waals surface area contributed by atoms with Crippen LogP contribution in [-0.2, 0) is 0 Å². The molecule has 0 amide bonds. The fourth-order valence-corrected chi connectivity index (χ4v) is 4.27. The van der Waals surface area contributed by atoms with Crippen LogP contribution in [0.2, 0.25) is 0 Å². The van der Waals surface area contributed by atoms with Gasteiger partial charge in [-0.3, -0.25) is 4.79 Å². The summed E-state index contributed by atoms with van der Waals surface area (Å²) in [6, 6.07) is 7.75. The third-order valence-electron chi connectivity index (χ3n) is 6.24. The van der Waals surface area contributed by atoms with Crippen LogP contribution >= 0.6 is 0 Å². The molecule has 1 aromatic heterocycles. The van der Waals surface area contributed by atoms with Crippen LogP contribution in [0.4, 0.5) is 0 Å². The zero-order valence-corrected chi connectivity index (χ0v) is 21.2. The molecule has 0 saturated heterocycles. The number of carbonyl (C=O) groups is 1. The first kappa shape index (κ1) is 27.0. The summed E-state index contributed by atoms with van der Waals surface area (Å²) in [5.41, 5.74) is 1.55. The summed E-state index contributed by atoms with van der Waals surface area (Å²) in [6.45, 7) is 7.27. The molecule has 4 nitrogen and oxygen atoms in total.